The molecule has 4 nitrogen and oxygen atoms in total. The van der Waals surface area contributed by atoms with Crippen LogP contribution in [0.25, 0.3) is 10.9 Å². The zero-order valence-electron chi connectivity index (χ0n) is 12.3. The van der Waals surface area contributed by atoms with Gasteiger partial charge in [-0.25, -0.2) is 0 Å². The summed E-state index contributed by atoms with van der Waals surface area (Å²) in [4.78, 5) is 16.8. The van der Waals surface area contributed by atoms with Crippen molar-refractivity contribution in [3.63, 3.8) is 0 Å². The van der Waals surface area contributed by atoms with Gasteiger partial charge in [-0.3, -0.25) is 9.36 Å². The monoisotopic (exact) mass is 280 g/mol. The van der Waals surface area contributed by atoms with E-state index in [0.29, 0.717) is 16.9 Å². The predicted molar refractivity (Wildman–Crippen MR) is 83.0 cm³/mol. The minimum absolute atomic E-state index is 0.109. The highest BCUT2D eigenvalue weighted by Crippen LogP contribution is 2.27. The van der Waals surface area contributed by atoms with E-state index in [9.17, 15) is 4.79 Å². The molecule has 2 aromatic carbocycles. The number of aryl methyl sites for hydroxylation is 2. The summed E-state index contributed by atoms with van der Waals surface area (Å²) in [5.41, 5.74) is 2.55. The second-order valence-electron chi connectivity index (χ2n) is 5.10. The van der Waals surface area contributed by atoms with Gasteiger partial charge >= 0.3 is 6.01 Å². The fourth-order valence-electron chi connectivity index (χ4n) is 2.34. The lowest BCUT2D eigenvalue weighted by molar-refractivity contribution is 0.410. The van der Waals surface area contributed by atoms with E-state index in [2.05, 4.69) is 4.98 Å². The molecule has 0 aliphatic carbocycles. The molecule has 1 aromatic heterocycles. The second kappa shape index (κ2) is 5.05. The Kier molecular flexibility index (Phi) is 3.22. The Morgan fingerprint density at radius 3 is 2.38 bits per heavy atom. The van der Waals surface area contributed by atoms with E-state index in [1.807, 2.05) is 50.2 Å². The largest absolute Gasteiger partial charge is 0.425 e. The zero-order valence-corrected chi connectivity index (χ0v) is 12.3. The Labute approximate surface area is 122 Å². The maximum atomic E-state index is 12.4. The van der Waals surface area contributed by atoms with Gasteiger partial charge < -0.3 is 4.74 Å². The van der Waals surface area contributed by atoms with Crippen LogP contribution in [0.4, 0.5) is 0 Å². The lowest BCUT2D eigenvalue weighted by atomic mass is 10.1. The van der Waals surface area contributed by atoms with Gasteiger partial charge in [0.05, 0.1) is 10.9 Å². The van der Waals surface area contributed by atoms with Crippen LogP contribution in [-0.4, -0.2) is 9.55 Å². The summed E-state index contributed by atoms with van der Waals surface area (Å²) in [6.07, 6.45) is 0. The molecule has 0 fully saturated rings. The average molecular weight is 280 g/mol. The molecule has 0 spiro atoms. The molecule has 0 unspecified atom stereocenters. The fraction of sp³-hybridized carbons (Fsp3) is 0.176. The summed E-state index contributed by atoms with van der Waals surface area (Å²) < 4.78 is 7.35. The lowest BCUT2D eigenvalue weighted by Gasteiger charge is -2.13. The van der Waals surface area contributed by atoms with Crippen LogP contribution in [0.15, 0.2) is 47.3 Å². The van der Waals surface area contributed by atoms with Crippen molar-refractivity contribution < 1.29 is 4.74 Å². The van der Waals surface area contributed by atoms with Gasteiger partial charge in [0.25, 0.3) is 5.56 Å². The van der Waals surface area contributed by atoms with Gasteiger partial charge in [-0.1, -0.05) is 30.3 Å². The highest BCUT2D eigenvalue weighted by Gasteiger charge is 2.12. The van der Waals surface area contributed by atoms with Gasteiger partial charge in [0.2, 0.25) is 0 Å². The zero-order chi connectivity index (χ0) is 15.0. The normalized spacial score (nSPS) is 10.8. The number of nitrogens with zero attached hydrogens (tertiary/aromatic N) is 2. The molecule has 0 bridgehead atoms. The van der Waals surface area contributed by atoms with Crippen LogP contribution in [0.5, 0.6) is 11.8 Å². The molecule has 1 heterocycles. The summed E-state index contributed by atoms with van der Waals surface area (Å²) in [5.74, 6) is 0.746. The van der Waals surface area contributed by atoms with Crippen LogP contribution in [-0.2, 0) is 7.05 Å². The fourth-order valence-corrected chi connectivity index (χ4v) is 2.34. The van der Waals surface area contributed by atoms with E-state index < -0.39 is 0 Å². The number of rotatable bonds is 2. The number of ether oxygens (including phenoxy) is 1. The molecular weight excluding hydrogens is 264 g/mol. The molecule has 0 aliphatic rings. The van der Waals surface area contributed by atoms with Crippen LogP contribution in [0.3, 0.4) is 0 Å². The molecule has 0 aliphatic heterocycles. The van der Waals surface area contributed by atoms with Crippen LogP contribution in [0.2, 0.25) is 0 Å². The van der Waals surface area contributed by atoms with Crippen LogP contribution in [0, 0.1) is 13.8 Å². The molecule has 21 heavy (non-hydrogen) atoms. The SMILES string of the molecule is Cc1cccc(C)c1Oc1nc2ccccc2c(=O)n1C. The van der Waals surface area contributed by atoms with Crippen molar-refractivity contribution in [3.05, 3.63) is 63.9 Å². The second-order valence-corrected chi connectivity index (χ2v) is 5.10. The first-order valence-corrected chi connectivity index (χ1v) is 6.78. The van der Waals surface area contributed by atoms with Gasteiger partial charge in [-0.15, -0.1) is 0 Å². The molecule has 0 saturated carbocycles. The maximum absolute atomic E-state index is 12.4. The van der Waals surface area contributed by atoms with Crippen LogP contribution in [0.1, 0.15) is 11.1 Å². The van der Waals surface area contributed by atoms with Crippen molar-refractivity contribution >= 4 is 10.9 Å². The van der Waals surface area contributed by atoms with Crippen LogP contribution >= 0.6 is 0 Å². The summed E-state index contributed by atoms with van der Waals surface area (Å²) in [6.45, 7) is 3.95. The number of fused-ring (bicyclic) bond motifs is 1. The molecule has 3 aromatic rings. The lowest BCUT2D eigenvalue weighted by Crippen LogP contribution is -2.19. The van der Waals surface area contributed by atoms with E-state index in [-0.39, 0.29) is 5.56 Å². The van der Waals surface area contributed by atoms with Crippen molar-refractivity contribution in [2.24, 2.45) is 7.05 Å². The third-order valence-electron chi connectivity index (χ3n) is 3.54. The number of benzene rings is 2. The third kappa shape index (κ3) is 2.29. The minimum Gasteiger partial charge on any atom is -0.425 e. The Bertz CT molecular complexity index is 861. The van der Waals surface area contributed by atoms with E-state index in [1.165, 1.54) is 4.57 Å². The molecule has 106 valence electrons. The first-order valence-electron chi connectivity index (χ1n) is 6.78. The number of para-hydroxylation sites is 2. The van der Waals surface area contributed by atoms with Gasteiger partial charge in [0.15, 0.2) is 0 Å². The van der Waals surface area contributed by atoms with Crippen molar-refractivity contribution in [1.29, 1.82) is 0 Å². The van der Waals surface area contributed by atoms with Gasteiger partial charge in [0.1, 0.15) is 5.75 Å². The first-order chi connectivity index (χ1) is 10.1. The minimum atomic E-state index is -0.109. The standard InChI is InChI=1S/C17H16N2O2/c1-11-7-6-8-12(2)15(11)21-17-18-14-10-5-4-9-13(14)16(20)19(17)3/h4-10H,1-3H3. The summed E-state index contributed by atoms with van der Waals surface area (Å²) >= 11 is 0. The summed E-state index contributed by atoms with van der Waals surface area (Å²) in [5, 5.41) is 0.592. The Morgan fingerprint density at radius 1 is 1.00 bits per heavy atom. The highest BCUT2D eigenvalue weighted by atomic mass is 16.5. The van der Waals surface area contributed by atoms with Gasteiger partial charge in [-0.05, 0) is 37.1 Å². The Balaban J connectivity index is 2.18. The molecule has 3 rings (SSSR count). The summed E-state index contributed by atoms with van der Waals surface area (Å²) in [7, 11) is 1.67. The van der Waals surface area contributed by atoms with E-state index >= 15 is 0 Å². The first kappa shape index (κ1) is 13.4. The average Bonchev–Trinajstić information content (AvgIpc) is 2.48. The highest BCUT2D eigenvalue weighted by molar-refractivity contribution is 5.77. The molecule has 4 heteroatoms. The quantitative estimate of drug-likeness (QED) is 0.723. The van der Waals surface area contributed by atoms with Crippen molar-refractivity contribution in [1.82, 2.24) is 9.55 Å². The van der Waals surface area contributed by atoms with Crippen LogP contribution < -0.4 is 10.3 Å². The molecule has 0 N–H and O–H groups in total. The van der Waals surface area contributed by atoms with Crippen molar-refractivity contribution in [3.8, 4) is 11.8 Å². The number of hydrogen-bond acceptors (Lipinski definition) is 3. The van der Waals surface area contributed by atoms with E-state index in [1.54, 1.807) is 13.1 Å². The van der Waals surface area contributed by atoms with Gasteiger partial charge in [0, 0.05) is 7.05 Å². The smallest absolute Gasteiger partial charge is 0.305 e. The van der Waals surface area contributed by atoms with E-state index in [0.717, 1.165) is 16.9 Å². The third-order valence-corrected chi connectivity index (χ3v) is 3.54. The number of aromatic nitrogens is 2. The molecule has 0 radical (unpaired) electrons. The van der Waals surface area contributed by atoms with Gasteiger partial charge in [-0.2, -0.15) is 4.98 Å². The Hall–Kier alpha value is -2.62. The summed E-state index contributed by atoms with van der Waals surface area (Å²) in [6, 6.07) is 13.5. The van der Waals surface area contributed by atoms with Crippen molar-refractivity contribution in [2.45, 2.75) is 13.8 Å². The molecule has 0 atom stereocenters. The molecule has 0 saturated heterocycles. The van der Waals surface area contributed by atoms with Crippen molar-refractivity contribution in [2.75, 3.05) is 0 Å². The number of hydrogen-bond donors (Lipinski definition) is 0. The van der Waals surface area contributed by atoms with E-state index in [4.69, 9.17) is 4.74 Å². The Morgan fingerprint density at radius 2 is 1.67 bits per heavy atom. The molecular formula is C17H16N2O2. The maximum Gasteiger partial charge on any atom is 0.305 e. The molecule has 0 amide bonds. The predicted octanol–water partition coefficient (Wildman–Crippen LogP) is 3.34. The topological polar surface area (TPSA) is 44.1 Å².